The van der Waals surface area contributed by atoms with Gasteiger partial charge in [0.1, 0.15) is 6.54 Å². The number of rotatable bonds is 7. The third kappa shape index (κ3) is 6.84. The number of nitrogens with one attached hydrogen (secondary N) is 2. The second kappa shape index (κ2) is 8.97. The fourth-order valence-corrected chi connectivity index (χ4v) is 4.12. The minimum absolute atomic E-state index is 0.164. The molecule has 0 aliphatic rings. The average Bonchev–Trinajstić information content (AvgIpc) is 2.61. The van der Waals surface area contributed by atoms with Crippen LogP contribution in [0.3, 0.4) is 0 Å². The highest BCUT2D eigenvalue weighted by Gasteiger charge is 2.30. The number of alkyl halides is 3. The lowest BCUT2D eigenvalue weighted by Gasteiger charge is -2.10. The molecule has 0 radical (unpaired) electrons. The van der Waals surface area contributed by atoms with Gasteiger partial charge in [-0.1, -0.05) is 17.7 Å². The maximum absolute atomic E-state index is 12.2. The fraction of sp³-hybridized carbons (Fsp3) is 0.278. The number of aryl methyl sites for hydroxylation is 2. The number of benzene rings is 2. The summed E-state index contributed by atoms with van der Waals surface area (Å²) in [6.07, 6.45) is -4.64. The minimum Gasteiger partial charge on any atom is -0.325 e. The molecule has 0 unspecified atom stereocenters. The summed E-state index contributed by atoms with van der Waals surface area (Å²) in [5, 5.41) is 2.63. The van der Waals surface area contributed by atoms with Crippen LogP contribution in [0.4, 0.5) is 18.9 Å². The van der Waals surface area contributed by atoms with Crippen molar-refractivity contribution in [2.45, 2.75) is 29.8 Å². The summed E-state index contributed by atoms with van der Waals surface area (Å²) >= 11 is 1.38. The van der Waals surface area contributed by atoms with Gasteiger partial charge in [0.15, 0.2) is 0 Å². The Kier molecular flexibility index (Phi) is 7.13. The van der Waals surface area contributed by atoms with Crippen LogP contribution < -0.4 is 10.0 Å². The molecule has 0 aliphatic carbocycles. The van der Waals surface area contributed by atoms with Crippen LogP contribution in [0.5, 0.6) is 0 Å². The van der Waals surface area contributed by atoms with Gasteiger partial charge >= 0.3 is 6.18 Å². The molecule has 0 aliphatic heterocycles. The van der Waals surface area contributed by atoms with Crippen LogP contribution in [0.1, 0.15) is 11.1 Å². The van der Waals surface area contributed by atoms with Gasteiger partial charge in [0.25, 0.3) is 0 Å². The number of amides is 1. The Morgan fingerprint density at radius 2 is 1.71 bits per heavy atom. The molecule has 152 valence electrons. The van der Waals surface area contributed by atoms with E-state index in [1.54, 1.807) is 0 Å². The lowest BCUT2D eigenvalue weighted by Crippen LogP contribution is -2.33. The standard InChI is InChI=1S/C18H19F3N2O3S2/c1-12-3-4-13(2)16(9-12)27-10-17(24)23-14-5-7-15(8-6-14)28(25,26)22-11-18(19,20)21/h3-9,22H,10-11H2,1-2H3,(H,23,24). The molecular weight excluding hydrogens is 413 g/mol. The summed E-state index contributed by atoms with van der Waals surface area (Å²) in [5.41, 5.74) is 2.50. The van der Waals surface area contributed by atoms with Crippen LogP contribution in [-0.4, -0.2) is 32.8 Å². The van der Waals surface area contributed by atoms with Crippen LogP contribution in [-0.2, 0) is 14.8 Å². The SMILES string of the molecule is Cc1ccc(C)c(SCC(=O)Nc2ccc(S(=O)(=O)NCC(F)(F)F)cc2)c1. The van der Waals surface area contributed by atoms with E-state index in [-0.39, 0.29) is 16.6 Å². The van der Waals surface area contributed by atoms with Crippen molar-refractivity contribution in [3.63, 3.8) is 0 Å². The molecule has 0 saturated heterocycles. The monoisotopic (exact) mass is 432 g/mol. The molecule has 10 heteroatoms. The molecule has 0 fully saturated rings. The average molecular weight is 432 g/mol. The predicted molar refractivity (Wildman–Crippen MR) is 103 cm³/mol. The highest BCUT2D eigenvalue weighted by molar-refractivity contribution is 8.00. The zero-order valence-corrected chi connectivity index (χ0v) is 16.8. The van der Waals surface area contributed by atoms with Crippen molar-refractivity contribution in [2.75, 3.05) is 17.6 Å². The molecule has 0 bridgehead atoms. The fourth-order valence-electron chi connectivity index (χ4n) is 2.18. The van der Waals surface area contributed by atoms with Gasteiger partial charge in [0.2, 0.25) is 15.9 Å². The molecule has 2 rings (SSSR count). The zero-order chi connectivity index (χ0) is 20.9. The highest BCUT2D eigenvalue weighted by atomic mass is 32.2. The second-order valence-corrected chi connectivity index (χ2v) is 8.85. The van der Waals surface area contributed by atoms with E-state index in [0.717, 1.165) is 28.2 Å². The van der Waals surface area contributed by atoms with E-state index in [9.17, 15) is 26.4 Å². The van der Waals surface area contributed by atoms with E-state index in [2.05, 4.69) is 5.32 Å². The number of anilines is 1. The molecule has 5 nitrogen and oxygen atoms in total. The van der Waals surface area contributed by atoms with Crippen molar-refractivity contribution in [1.29, 1.82) is 0 Å². The summed E-state index contributed by atoms with van der Waals surface area (Å²) in [7, 11) is -4.28. The van der Waals surface area contributed by atoms with Crippen molar-refractivity contribution >= 4 is 33.4 Å². The number of carbonyl (C=O) groups excluding carboxylic acids is 1. The first kappa shape index (κ1) is 22.3. The topological polar surface area (TPSA) is 75.3 Å². The van der Waals surface area contributed by atoms with Crippen molar-refractivity contribution in [3.05, 3.63) is 53.6 Å². The summed E-state index contributed by atoms with van der Waals surface area (Å²) in [6, 6.07) is 10.9. The van der Waals surface area contributed by atoms with E-state index in [4.69, 9.17) is 0 Å². The van der Waals surface area contributed by atoms with Crippen LogP contribution >= 0.6 is 11.8 Å². The maximum atomic E-state index is 12.2. The number of sulfonamides is 1. The van der Waals surface area contributed by atoms with E-state index < -0.39 is 22.7 Å². The van der Waals surface area contributed by atoms with Crippen LogP contribution in [0.2, 0.25) is 0 Å². The summed E-state index contributed by atoms with van der Waals surface area (Å²) in [4.78, 5) is 12.8. The molecule has 1 amide bonds. The van der Waals surface area contributed by atoms with Crippen molar-refractivity contribution in [2.24, 2.45) is 0 Å². The Morgan fingerprint density at radius 1 is 1.07 bits per heavy atom. The minimum atomic E-state index is -4.64. The Balaban J connectivity index is 1.94. The second-order valence-electron chi connectivity index (χ2n) is 6.07. The molecule has 2 N–H and O–H groups in total. The van der Waals surface area contributed by atoms with Crippen LogP contribution in [0.15, 0.2) is 52.3 Å². The van der Waals surface area contributed by atoms with Crippen molar-refractivity contribution in [1.82, 2.24) is 4.72 Å². The van der Waals surface area contributed by atoms with E-state index >= 15 is 0 Å². The van der Waals surface area contributed by atoms with E-state index in [1.165, 1.54) is 28.6 Å². The van der Waals surface area contributed by atoms with Gasteiger partial charge in [0.05, 0.1) is 10.6 Å². The van der Waals surface area contributed by atoms with E-state index in [0.29, 0.717) is 5.69 Å². The molecule has 0 spiro atoms. The molecule has 0 atom stereocenters. The maximum Gasteiger partial charge on any atom is 0.402 e. The van der Waals surface area contributed by atoms with Crippen LogP contribution in [0, 0.1) is 13.8 Å². The quantitative estimate of drug-likeness (QED) is 0.652. The largest absolute Gasteiger partial charge is 0.402 e. The van der Waals surface area contributed by atoms with Gasteiger partial charge in [-0.25, -0.2) is 13.1 Å². The van der Waals surface area contributed by atoms with Crippen molar-refractivity contribution in [3.8, 4) is 0 Å². The van der Waals surface area contributed by atoms with Gasteiger partial charge in [-0.3, -0.25) is 4.79 Å². The molecule has 2 aromatic carbocycles. The molecule has 2 aromatic rings. The molecular formula is C18H19F3N2O3S2. The number of carbonyl (C=O) groups is 1. The molecule has 0 saturated carbocycles. The number of thioether (sulfide) groups is 1. The third-order valence-electron chi connectivity index (χ3n) is 3.61. The smallest absolute Gasteiger partial charge is 0.325 e. The van der Waals surface area contributed by atoms with Gasteiger partial charge in [-0.05, 0) is 49.7 Å². The first-order valence-electron chi connectivity index (χ1n) is 8.13. The van der Waals surface area contributed by atoms with Gasteiger partial charge < -0.3 is 5.32 Å². The molecule has 28 heavy (non-hydrogen) atoms. The molecule has 0 aromatic heterocycles. The third-order valence-corrected chi connectivity index (χ3v) is 6.19. The Bertz CT molecular complexity index is 944. The van der Waals surface area contributed by atoms with E-state index in [1.807, 2.05) is 32.0 Å². The first-order chi connectivity index (χ1) is 13.0. The Morgan fingerprint density at radius 3 is 2.32 bits per heavy atom. The van der Waals surface area contributed by atoms with Gasteiger partial charge in [-0.15, -0.1) is 11.8 Å². The summed E-state index contributed by atoms with van der Waals surface area (Å²) in [6.45, 7) is 2.26. The van der Waals surface area contributed by atoms with Crippen LogP contribution in [0.25, 0.3) is 0 Å². The Hall–Kier alpha value is -2.04. The number of halogens is 3. The van der Waals surface area contributed by atoms with Gasteiger partial charge in [0, 0.05) is 10.6 Å². The molecule has 0 heterocycles. The zero-order valence-electron chi connectivity index (χ0n) is 15.1. The summed E-state index contributed by atoms with van der Waals surface area (Å²) in [5.74, 6) is -0.117. The Labute approximate surface area is 165 Å². The lowest BCUT2D eigenvalue weighted by atomic mass is 10.2. The normalized spacial score (nSPS) is 12.0. The number of hydrogen-bond acceptors (Lipinski definition) is 4. The van der Waals surface area contributed by atoms with Crippen molar-refractivity contribution < 1.29 is 26.4 Å². The first-order valence-corrected chi connectivity index (χ1v) is 10.6. The summed E-state index contributed by atoms with van der Waals surface area (Å²) < 4.78 is 61.7. The number of hydrogen-bond donors (Lipinski definition) is 2. The lowest BCUT2D eigenvalue weighted by molar-refractivity contribution is -0.121. The predicted octanol–water partition coefficient (Wildman–Crippen LogP) is 3.87. The van der Waals surface area contributed by atoms with Gasteiger partial charge in [-0.2, -0.15) is 13.2 Å². The highest BCUT2D eigenvalue weighted by Crippen LogP contribution is 2.24.